The molecule has 1 aromatic carbocycles. The van der Waals surface area contributed by atoms with E-state index < -0.39 is 9.84 Å². The van der Waals surface area contributed by atoms with E-state index in [4.69, 9.17) is 0 Å². The molecule has 0 bridgehead atoms. The third kappa shape index (κ3) is 2.69. The van der Waals surface area contributed by atoms with Crippen molar-refractivity contribution in [2.24, 2.45) is 0 Å². The summed E-state index contributed by atoms with van der Waals surface area (Å²) in [6, 6.07) is 6.95. The Balaban J connectivity index is 2.60. The van der Waals surface area contributed by atoms with Gasteiger partial charge in [-0.15, -0.1) is 0 Å². The number of sulfone groups is 1. The van der Waals surface area contributed by atoms with Crippen LogP contribution >= 0.6 is 15.9 Å². The monoisotopic (exact) mass is 355 g/mol. The molecule has 1 aromatic heterocycles. The Morgan fingerprint density at radius 1 is 1.15 bits per heavy atom. The molecule has 0 aliphatic rings. The topological polar surface area (TPSA) is 49.9 Å². The average Bonchev–Trinajstić information content (AvgIpc) is 2.69. The van der Waals surface area contributed by atoms with Gasteiger partial charge < -0.3 is 4.98 Å². The van der Waals surface area contributed by atoms with Crippen LogP contribution in [0.15, 0.2) is 38.8 Å². The third-order valence-electron chi connectivity index (χ3n) is 3.38. The van der Waals surface area contributed by atoms with Crippen LogP contribution < -0.4 is 0 Å². The fraction of sp³-hybridized carbons (Fsp3) is 0.333. The van der Waals surface area contributed by atoms with Gasteiger partial charge in [-0.2, -0.15) is 0 Å². The highest BCUT2D eigenvalue weighted by atomic mass is 79.9. The van der Waals surface area contributed by atoms with Gasteiger partial charge in [0.25, 0.3) is 0 Å². The summed E-state index contributed by atoms with van der Waals surface area (Å²) in [6.07, 6.45) is 1.65. The van der Waals surface area contributed by atoms with Gasteiger partial charge in [-0.25, -0.2) is 8.42 Å². The molecule has 0 saturated carbocycles. The second-order valence-electron chi connectivity index (χ2n) is 4.94. The summed E-state index contributed by atoms with van der Waals surface area (Å²) in [7, 11) is -3.50. The number of aryl methyl sites for hydroxylation is 1. The summed E-state index contributed by atoms with van der Waals surface area (Å²) in [4.78, 5) is 3.31. The molecule has 3 nitrogen and oxygen atoms in total. The lowest BCUT2D eigenvalue weighted by Crippen LogP contribution is -2.06. The highest BCUT2D eigenvalue weighted by Gasteiger charge is 2.25. The van der Waals surface area contributed by atoms with Gasteiger partial charge >= 0.3 is 0 Å². The second kappa shape index (κ2) is 5.74. The van der Waals surface area contributed by atoms with Crippen molar-refractivity contribution in [1.29, 1.82) is 0 Å². The van der Waals surface area contributed by atoms with Gasteiger partial charge in [-0.05, 0) is 59.5 Å². The largest absolute Gasteiger partial charge is 0.340 e. The lowest BCUT2D eigenvalue weighted by molar-refractivity contribution is 0.591. The van der Waals surface area contributed by atoms with Crippen molar-refractivity contribution in [3.8, 4) is 0 Å². The Morgan fingerprint density at radius 2 is 1.75 bits per heavy atom. The first kappa shape index (κ1) is 15.3. The molecule has 5 heteroatoms. The Hall–Kier alpha value is -1.07. The van der Waals surface area contributed by atoms with E-state index in [0.717, 1.165) is 34.1 Å². The molecule has 0 spiro atoms. The van der Waals surface area contributed by atoms with Crippen LogP contribution in [-0.2, 0) is 16.3 Å². The summed E-state index contributed by atoms with van der Waals surface area (Å²) in [5, 5.41) is 0.313. The number of nitrogens with one attached hydrogen (secondary N) is 1. The zero-order valence-electron chi connectivity index (χ0n) is 11.8. The van der Waals surface area contributed by atoms with Gasteiger partial charge in [-0.3, -0.25) is 0 Å². The lowest BCUT2D eigenvalue weighted by Gasteiger charge is -2.06. The van der Waals surface area contributed by atoms with Gasteiger partial charge in [0.15, 0.2) is 0 Å². The Bertz CT molecular complexity index is 715. The molecule has 0 saturated heterocycles. The molecule has 1 heterocycles. The van der Waals surface area contributed by atoms with E-state index in [-0.39, 0.29) is 0 Å². The summed E-state index contributed by atoms with van der Waals surface area (Å²) in [5.74, 6) is 0. The average molecular weight is 356 g/mol. The maximum atomic E-state index is 12.8. The normalized spacial score (nSPS) is 11.8. The van der Waals surface area contributed by atoms with Crippen LogP contribution in [0.2, 0.25) is 0 Å². The minimum absolute atomic E-state index is 0.313. The SMILES string of the molecule is CCCc1c(S(=O)(=O)c2ccc(C)cc2)[nH]c(Br)c1C. The molecule has 0 aliphatic heterocycles. The number of benzene rings is 1. The fourth-order valence-electron chi connectivity index (χ4n) is 2.19. The van der Waals surface area contributed by atoms with Crippen molar-refractivity contribution in [2.45, 2.75) is 43.5 Å². The number of aromatic amines is 1. The molecule has 2 aromatic rings. The van der Waals surface area contributed by atoms with E-state index in [1.54, 1.807) is 12.1 Å². The molecule has 20 heavy (non-hydrogen) atoms. The molecule has 1 N–H and O–H groups in total. The Morgan fingerprint density at radius 3 is 2.30 bits per heavy atom. The first-order chi connectivity index (χ1) is 9.37. The quantitative estimate of drug-likeness (QED) is 0.894. The smallest absolute Gasteiger partial charge is 0.222 e. The molecule has 0 amide bonds. The van der Waals surface area contributed by atoms with Crippen molar-refractivity contribution in [3.05, 3.63) is 45.6 Å². The Kier molecular flexibility index (Phi) is 4.39. The number of H-pyrrole nitrogens is 1. The first-order valence-corrected chi connectivity index (χ1v) is 8.84. The molecular weight excluding hydrogens is 338 g/mol. The summed E-state index contributed by atoms with van der Waals surface area (Å²) in [5.41, 5.74) is 2.89. The van der Waals surface area contributed by atoms with E-state index >= 15 is 0 Å². The second-order valence-corrected chi connectivity index (χ2v) is 7.62. The van der Waals surface area contributed by atoms with E-state index in [9.17, 15) is 8.42 Å². The van der Waals surface area contributed by atoms with Crippen LogP contribution in [0.4, 0.5) is 0 Å². The van der Waals surface area contributed by atoms with Crippen LogP contribution in [0.1, 0.15) is 30.0 Å². The minimum Gasteiger partial charge on any atom is -0.340 e. The van der Waals surface area contributed by atoms with Crippen LogP contribution in [0, 0.1) is 13.8 Å². The fourth-order valence-corrected chi connectivity index (χ4v) is 4.30. The zero-order valence-corrected chi connectivity index (χ0v) is 14.2. The lowest BCUT2D eigenvalue weighted by atomic mass is 10.1. The first-order valence-electron chi connectivity index (χ1n) is 6.56. The maximum Gasteiger partial charge on any atom is 0.222 e. The predicted molar refractivity (Wildman–Crippen MR) is 83.9 cm³/mol. The highest BCUT2D eigenvalue weighted by Crippen LogP contribution is 2.31. The number of hydrogen-bond acceptors (Lipinski definition) is 2. The molecule has 0 radical (unpaired) electrons. The van der Waals surface area contributed by atoms with Gasteiger partial charge in [0.1, 0.15) is 5.03 Å². The standard InChI is InChI=1S/C15H18BrNO2S/c1-4-5-13-11(3)14(16)17-15(13)20(18,19)12-8-6-10(2)7-9-12/h6-9,17H,4-5H2,1-3H3. The van der Waals surface area contributed by atoms with Gasteiger partial charge in [0.05, 0.1) is 9.50 Å². The molecule has 0 fully saturated rings. The van der Waals surface area contributed by atoms with Crippen molar-refractivity contribution in [2.75, 3.05) is 0 Å². The molecule has 2 rings (SSSR count). The predicted octanol–water partition coefficient (Wildman–Crippen LogP) is 4.18. The summed E-state index contributed by atoms with van der Waals surface area (Å²) in [6.45, 7) is 5.91. The van der Waals surface area contributed by atoms with E-state index in [1.165, 1.54) is 0 Å². The number of halogens is 1. The Labute approximate surface area is 128 Å². The highest BCUT2D eigenvalue weighted by molar-refractivity contribution is 9.10. The van der Waals surface area contributed by atoms with Crippen LogP contribution in [0.3, 0.4) is 0 Å². The number of aromatic nitrogens is 1. The van der Waals surface area contributed by atoms with Crippen LogP contribution in [0.25, 0.3) is 0 Å². The van der Waals surface area contributed by atoms with Gasteiger partial charge in [-0.1, -0.05) is 31.0 Å². The third-order valence-corrected chi connectivity index (χ3v) is 5.95. The molecular formula is C15H18BrNO2S. The number of rotatable bonds is 4. The molecule has 0 unspecified atom stereocenters. The summed E-state index contributed by atoms with van der Waals surface area (Å²) < 4.78 is 26.3. The van der Waals surface area contributed by atoms with Gasteiger partial charge in [0.2, 0.25) is 9.84 Å². The van der Waals surface area contributed by atoms with E-state index in [0.29, 0.717) is 9.92 Å². The van der Waals surface area contributed by atoms with E-state index in [2.05, 4.69) is 20.9 Å². The molecule has 0 atom stereocenters. The van der Waals surface area contributed by atoms with Crippen molar-refractivity contribution >= 4 is 25.8 Å². The van der Waals surface area contributed by atoms with Crippen molar-refractivity contribution < 1.29 is 8.42 Å². The number of hydrogen-bond donors (Lipinski definition) is 1. The molecule has 108 valence electrons. The van der Waals surface area contributed by atoms with Crippen molar-refractivity contribution in [3.63, 3.8) is 0 Å². The minimum atomic E-state index is -3.50. The van der Waals surface area contributed by atoms with E-state index in [1.807, 2.05) is 32.9 Å². The maximum absolute atomic E-state index is 12.8. The zero-order chi connectivity index (χ0) is 14.9. The van der Waals surface area contributed by atoms with Gasteiger partial charge in [0, 0.05) is 0 Å². The summed E-state index contributed by atoms with van der Waals surface area (Å²) >= 11 is 3.39. The van der Waals surface area contributed by atoms with Crippen LogP contribution in [0.5, 0.6) is 0 Å². The van der Waals surface area contributed by atoms with Crippen LogP contribution in [-0.4, -0.2) is 13.4 Å². The van der Waals surface area contributed by atoms with Crippen molar-refractivity contribution in [1.82, 2.24) is 4.98 Å². The molecule has 0 aliphatic carbocycles.